The molecule has 1 N–H and O–H groups in total. The van der Waals surface area contributed by atoms with Gasteiger partial charge in [0, 0.05) is 12.1 Å². The summed E-state index contributed by atoms with van der Waals surface area (Å²) in [4.78, 5) is 22.8. The van der Waals surface area contributed by atoms with Crippen LogP contribution in [0.25, 0.3) is 11.0 Å². The first-order valence-electron chi connectivity index (χ1n) is 8.95. The first-order chi connectivity index (χ1) is 13.6. The average molecular weight is 387 g/mol. The fourth-order valence-corrected chi connectivity index (χ4v) is 3.58. The maximum Gasteiger partial charge on any atom is 0.387 e. The predicted octanol–water partition coefficient (Wildman–Crippen LogP) is 4.15. The molecule has 1 aliphatic heterocycles. The van der Waals surface area contributed by atoms with Gasteiger partial charge in [0.25, 0.3) is 5.91 Å². The molecule has 1 amide bonds. The average Bonchev–Trinajstić information content (AvgIpc) is 3.33. The van der Waals surface area contributed by atoms with Gasteiger partial charge in [0.15, 0.2) is 11.5 Å². The smallest absolute Gasteiger partial charge is 0.387 e. The molecule has 1 aromatic heterocycles. The first kappa shape index (κ1) is 18.2. The highest BCUT2D eigenvalue weighted by Crippen LogP contribution is 2.35. The maximum absolute atomic E-state index is 13.1. The Morgan fingerprint density at radius 1 is 1.25 bits per heavy atom. The summed E-state index contributed by atoms with van der Waals surface area (Å²) < 4.78 is 34.5. The summed E-state index contributed by atoms with van der Waals surface area (Å²) >= 11 is 0. The molecule has 2 heterocycles. The third-order valence-electron chi connectivity index (χ3n) is 4.86. The zero-order valence-electron chi connectivity index (χ0n) is 15.2. The minimum absolute atomic E-state index is 0.0886. The van der Waals surface area contributed by atoms with Crippen LogP contribution in [0.15, 0.2) is 42.5 Å². The standard InChI is InChI=1S/C20H19F2N3O3/c1-27-17-11-12(8-9-16(17)28-20(21)22)19(26)25-10-4-7-15(25)18-23-13-5-2-3-6-14(13)24-18/h2-3,5-6,8-9,11,15,20H,4,7,10H2,1H3,(H,23,24). The van der Waals surface area contributed by atoms with E-state index < -0.39 is 6.61 Å². The van der Waals surface area contributed by atoms with E-state index in [9.17, 15) is 13.6 Å². The van der Waals surface area contributed by atoms with Crippen LogP contribution in [-0.4, -0.2) is 41.0 Å². The van der Waals surface area contributed by atoms with Crippen molar-refractivity contribution in [3.05, 3.63) is 53.9 Å². The second-order valence-corrected chi connectivity index (χ2v) is 6.54. The molecule has 6 nitrogen and oxygen atoms in total. The number of aromatic nitrogens is 2. The number of carbonyl (C=O) groups is 1. The Morgan fingerprint density at radius 3 is 2.82 bits per heavy atom. The van der Waals surface area contributed by atoms with Gasteiger partial charge >= 0.3 is 6.61 Å². The number of ether oxygens (including phenoxy) is 2. The maximum atomic E-state index is 13.1. The zero-order valence-corrected chi connectivity index (χ0v) is 15.2. The first-order valence-corrected chi connectivity index (χ1v) is 8.95. The Morgan fingerprint density at radius 2 is 2.07 bits per heavy atom. The Kier molecular flexibility index (Phi) is 4.85. The number of carbonyl (C=O) groups excluding carboxylic acids is 1. The number of nitrogens with zero attached hydrogens (tertiary/aromatic N) is 2. The summed E-state index contributed by atoms with van der Waals surface area (Å²) in [5.74, 6) is 0.525. The van der Waals surface area contributed by atoms with Gasteiger partial charge in [-0.3, -0.25) is 4.79 Å². The molecule has 8 heteroatoms. The number of alkyl halides is 2. The lowest BCUT2D eigenvalue weighted by atomic mass is 10.1. The van der Waals surface area contributed by atoms with Crippen LogP contribution < -0.4 is 9.47 Å². The van der Waals surface area contributed by atoms with E-state index in [2.05, 4.69) is 14.7 Å². The molecule has 28 heavy (non-hydrogen) atoms. The van der Waals surface area contributed by atoms with Crippen LogP contribution in [0, 0.1) is 0 Å². The summed E-state index contributed by atoms with van der Waals surface area (Å²) in [6.07, 6.45) is 1.66. The topological polar surface area (TPSA) is 67.5 Å². The van der Waals surface area contributed by atoms with Crippen molar-refractivity contribution in [2.24, 2.45) is 0 Å². The monoisotopic (exact) mass is 387 g/mol. The number of aromatic amines is 1. The quantitative estimate of drug-likeness (QED) is 0.714. The van der Waals surface area contributed by atoms with Crippen LogP contribution in [0.2, 0.25) is 0 Å². The van der Waals surface area contributed by atoms with Gasteiger partial charge in [-0.1, -0.05) is 12.1 Å². The summed E-state index contributed by atoms with van der Waals surface area (Å²) in [6, 6.07) is 11.8. The minimum Gasteiger partial charge on any atom is -0.493 e. The molecule has 1 saturated heterocycles. The number of likely N-dealkylation sites (tertiary alicyclic amines) is 1. The van der Waals surface area contributed by atoms with Gasteiger partial charge in [0.1, 0.15) is 5.82 Å². The Balaban J connectivity index is 1.61. The number of para-hydroxylation sites is 2. The fourth-order valence-electron chi connectivity index (χ4n) is 3.58. The molecule has 1 aliphatic rings. The third kappa shape index (κ3) is 3.37. The Bertz CT molecular complexity index is 972. The number of hydrogen-bond donors (Lipinski definition) is 1. The third-order valence-corrected chi connectivity index (χ3v) is 4.86. The van der Waals surface area contributed by atoms with E-state index in [1.165, 1.54) is 25.3 Å². The van der Waals surface area contributed by atoms with Crippen molar-refractivity contribution in [3.63, 3.8) is 0 Å². The highest BCUT2D eigenvalue weighted by atomic mass is 19.3. The molecule has 146 valence electrons. The van der Waals surface area contributed by atoms with Gasteiger partial charge in [-0.15, -0.1) is 0 Å². The van der Waals surface area contributed by atoms with Gasteiger partial charge in [-0.05, 0) is 43.2 Å². The summed E-state index contributed by atoms with van der Waals surface area (Å²) in [5, 5.41) is 0. The molecule has 0 radical (unpaired) electrons. The molecular weight excluding hydrogens is 368 g/mol. The Hall–Kier alpha value is -3.16. The van der Waals surface area contributed by atoms with E-state index in [1.54, 1.807) is 4.90 Å². The molecule has 3 aromatic rings. The van der Waals surface area contributed by atoms with Crippen LogP contribution in [-0.2, 0) is 0 Å². The highest BCUT2D eigenvalue weighted by Gasteiger charge is 2.33. The molecular formula is C20H19F2N3O3. The van der Waals surface area contributed by atoms with Crippen molar-refractivity contribution in [2.75, 3.05) is 13.7 Å². The number of fused-ring (bicyclic) bond motifs is 1. The van der Waals surface area contributed by atoms with Gasteiger partial charge in [0.2, 0.25) is 0 Å². The van der Waals surface area contributed by atoms with Crippen LogP contribution in [0.3, 0.4) is 0 Å². The van der Waals surface area contributed by atoms with Crippen LogP contribution in [0.1, 0.15) is 35.1 Å². The zero-order chi connectivity index (χ0) is 19.7. The van der Waals surface area contributed by atoms with Crippen molar-refractivity contribution in [1.29, 1.82) is 0 Å². The second kappa shape index (κ2) is 7.46. The van der Waals surface area contributed by atoms with Crippen molar-refractivity contribution < 1.29 is 23.0 Å². The van der Waals surface area contributed by atoms with E-state index in [1.807, 2.05) is 24.3 Å². The van der Waals surface area contributed by atoms with E-state index in [0.29, 0.717) is 12.1 Å². The van der Waals surface area contributed by atoms with Gasteiger partial charge in [0.05, 0.1) is 24.2 Å². The second-order valence-electron chi connectivity index (χ2n) is 6.54. The Labute approximate surface area is 160 Å². The minimum atomic E-state index is -2.97. The van der Waals surface area contributed by atoms with Crippen molar-refractivity contribution in [3.8, 4) is 11.5 Å². The predicted molar refractivity (Wildman–Crippen MR) is 98.7 cm³/mol. The molecule has 0 bridgehead atoms. The number of methoxy groups -OCH3 is 1. The summed E-state index contributed by atoms with van der Waals surface area (Å²) in [5.41, 5.74) is 2.13. The summed E-state index contributed by atoms with van der Waals surface area (Å²) in [7, 11) is 1.34. The van der Waals surface area contributed by atoms with Crippen molar-refractivity contribution in [2.45, 2.75) is 25.5 Å². The molecule has 4 rings (SSSR count). The molecule has 1 unspecified atom stereocenters. The van der Waals surface area contributed by atoms with Crippen LogP contribution >= 0.6 is 0 Å². The molecule has 0 spiro atoms. The largest absolute Gasteiger partial charge is 0.493 e. The molecule has 1 fully saturated rings. The lowest BCUT2D eigenvalue weighted by Gasteiger charge is -2.23. The molecule has 2 aromatic carbocycles. The van der Waals surface area contributed by atoms with Crippen LogP contribution in [0.4, 0.5) is 8.78 Å². The fraction of sp³-hybridized carbons (Fsp3) is 0.300. The molecule has 0 saturated carbocycles. The van der Waals surface area contributed by atoms with Crippen molar-refractivity contribution >= 4 is 16.9 Å². The SMILES string of the molecule is COc1cc(C(=O)N2CCCC2c2nc3ccccc3[nH]2)ccc1OC(F)F. The number of benzene rings is 2. The normalized spacial score (nSPS) is 16.7. The van der Waals surface area contributed by atoms with E-state index in [4.69, 9.17) is 4.74 Å². The summed E-state index contributed by atoms with van der Waals surface area (Å²) in [6.45, 7) is -2.37. The number of nitrogens with one attached hydrogen (secondary N) is 1. The van der Waals surface area contributed by atoms with Gasteiger partial charge < -0.3 is 19.4 Å². The number of imidazole rings is 1. The lowest BCUT2D eigenvalue weighted by molar-refractivity contribution is -0.0512. The van der Waals surface area contributed by atoms with E-state index in [-0.39, 0.29) is 23.4 Å². The number of amides is 1. The number of H-pyrrole nitrogens is 1. The molecule has 1 atom stereocenters. The van der Waals surface area contributed by atoms with Crippen molar-refractivity contribution in [1.82, 2.24) is 14.9 Å². The van der Waals surface area contributed by atoms with E-state index in [0.717, 1.165) is 29.7 Å². The van der Waals surface area contributed by atoms with E-state index >= 15 is 0 Å². The lowest BCUT2D eigenvalue weighted by Crippen LogP contribution is -2.31. The number of hydrogen-bond acceptors (Lipinski definition) is 4. The van der Waals surface area contributed by atoms with Crippen LogP contribution in [0.5, 0.6) is 11.5 Å². The number of halogens is 2. The van der Waals surface area contributed by atoms with Gasteiger partial charge in [-0.2, -0.15) is 8.78 Å². The molecule has 0 aliphatic carbocycles. The number of rotatable bonds is 5. The van der Waals surface area contributed by atoms with Gasteiger partial charge in [-0.25, -0.2) is 4.98 Å². The highest BCUT2D eigenvalue weighted by molar-refractivity contribution is 5.95.